The zero-order chi connectivity index (χ0) is 18.8. The molecule has 0 radical (unpaired) electrons. The topological polar surface area (TPSA) is 101 Å². The number of hydrogen-bond acceptors (Lipinski definition) is 4. The number of hydrogen-bond donors (Lipinski definition) is 2. The number of nitro groups is 1. The largest absolute Gasteiger partial charge is 0.338 e. The number of aromatic amines is 1. The van der Waals surface area contributed by atoms with Gasteiger partial charge in [0.2, 0.25) is 5.91 Å². The van der Waals surface area contributed by atoms with Gasteiger partial charge in [-0.25, -0.2) is 4.98 Å². The van der Waals surface area contributed by atoms with E-state index in [9.17, 15) is 14.9 Å². The van der Waals surface area contributed by atoms with E-state index < -0.39 is 4.92 Å². The minimum atomic E-state index is -0.431. The van der Waals surface area contributed by atoms with Crippen LogP contribution in [0.1, 0.15) is 19.3 Å². The van der Waals surface area contributed by atoms with Crippen LogP contribution < -0.4 is 5.32 Å². The van der Waals surface area contributed by atoms with Gasteiger partial charge in [-0.1, -0.05) is 12.2 Å². The molecule has 1 atom stereocenters. The summed E-state index contributed by atoms with van der Waals surface area (Å²) in [6.45, 7) is 0. The van der Waals surface area contributed by atoms with E-state index in [1.54, 1.807) is 6.07 Å². The van der Waals surface area contributed by atoms with Crippen molar-refractivity contribution in [1.82, 2.24) is 9.97 Å². The molecule has 3 aromatic rings. The molecule has 1 aliphatic carbocycles. The van der Waals surface area contributed by atoms with Gasteiger partial charge < -0.3 is 10.3 Å². The van der Waals surface area contributed by atoms with Crippen molar-refractivity contribution in [1.29, 1.82) is 0 Å². The zero-order valence-corrected chi connectivity index (χ0v) is 14.5. The maximum atomic E-state index is 12.3. The van der Waals surface area contributed by atoms with Crippen LogP contribution in [0.3, 0.4) is 0 Å². The molecule has 27 heavy (non-hydrogen) atoms. The molecule has 1 amide bonds. The number of amides is 1. The number of carbonyl (C=O) groups is 1. The van der Waals surface area contributed by atoms with Gasteiger partial charge in [-0.3, -0.25) is 14.9 Å². The second-order valence-corrected chi connectivity index (χ2v) is 6.59. The summed E-state index contributed by atoms with van der Waals surface area (Å²) < 4.78 is 0. The molecule has 7 nitrogen and oxygen atoms in total. The molecule has 7 heteroatoms. The first-order valence-electron chi connectivity index (χ1n) is 8.80. The molecular formula is C20H18N4O3. The van der Waals surface area contributed by atoms with Gasteiger partial charge in [0.1, 0.15) is 5.82 Å². The first kappa shape index (κ1) is 17.0. The molecular weight excluding hydrogens is 344 g/mol. The molecule has 0 saturated carbocycles. The second kappa shape index (κ2) is 7.03. The van der Waals surface area contributed by atoms with E-state index in [0.29, 0.717) is 16.9 Å². The van der Waals surface area contributed by atoms with Crippen molar-refractivity contribution in [2.45, 2.75) is 19.3 Å². The summed E-state index contributed by atoms with van der Waals surface area (Å²) >= 11 is 0. The molecule has 0 aliphatic heterocycles. The van der Waals surface area contributed by atoms with Crippen molar-refractivity contribution >= 4 is 28.3 Å². The van der Waals surface area contributed by atoms with E-state index >= 15 is 0 Å². The second-order valence-electron chi connectivity index (χ2n) is 6.59. The van der Waals surface area contributed by atoms with Gasteiger partial charge >= 0.3 is 0 Å². The minimum Gasteiger partial charge on any atom is -0.338 e. The lowest BCUT2D eigenvalue weighted by atomic mass is 9.93. The summed E-state index contributed by atoms with van der Waals surface area (Å²) in [6, 6.07) is 11.9. The van der Waals surface area contributed by atoms with E-state index in [1.165, 1.54) is 12.1 Å². The highest BCUT2D eigenvalue weighted by Crippen LogP contribution is 2.25. The highest BCUT2D eigenvalue weighted by molar-refractivity contribution is 5.93. The molecule has 0 fully saturated rings. The van der Waals surface area contributed by atoms with Crippen LogP contribution in [0.5, 0.6) is 0 Å². The molecule has 1 aromatic heterocycles. The first-order valence-corrected chi connectivity index (χ1v) is 8.80. The molecule has 0 bridgehead atoms. The number of anilines is 1. The van der Waals surface area contributed by atoms with Crippen LogP contribution in [-0.4, -0.2) is 20.8 Å². The van der Waals surface area contributed by atoms with Gasteiger partial charge in [0.15, 0.2) is 0 Å². The van der Waals surface area contributed by atoms with Crippen LogP contribution >= 0.6 is 0 Å². The number of fused-ring (bicyclic) bond motifs is 1. The lowest BCUT2D eigenvalue weighted by Crippen LogP contribution is -2.23. The maximum absolute atomic E-state index is 12.3. The summed E-state index contributed by atoms with van der Waals surface area (Å²) in [5.74, 6) is 0.699. The van der Waals surface area contributed by atoms with E-state index in [-0.39, 0.29) is 17.5 Å². The number of imidazole rings is 1. The summed E-state index contributed by atoms with van der Waals surface area (Å²) in [5.41, 5.74) is 2.88. The normalized spacial score (nSPS) is 16.4. The fourth-order valence-electron chi connectivity index (χ4n) is 3.24. The standard InChI is InChI=1S/C20H18N4O3/c25-20(14-4-2-1-3-5-14)21-15-8-6-13(7-9-15)19-22-17-11-10-16(24(26)27)12-18(17)23-19/h1-2,6-12,14H,3-5H2,(H,21,25)(H,22,23). The Morgan fingerprint density at radius 1 is 1.19 bits per heavy atom. The Morgan fingerprint density at radius 3 is 2.70 bits per heavy atom. The Kier molecular flexibility index (Phi) is 4.42. The number of nitro benzene ring substituents is 1. The molecule has 1 aliphatic rings. The predicted octanol–water partition coefficient (Wildman–Crippen LogP) is 4.43. The Hall–Kier alpha value is -3.48. The average molecular weight is 362 g/mol. The van der Waals surface area contributed by atoms with Gasteiger partial charge in [-0.2, -0.15) is 0 Å². The number of non-ortho nitro benzene ring substituents is 1. The highest BCUT2D eigenvalue weighted by atomic mass is 16.6. The SMILES string of the molecule is O=C(Nc1ccc(-c2nc3ccc([N+](=O)[O-])cc3[nH]2)cc1)C1CC=CCC1. The number of rotatable bonds is 4. The van der Waals surface area contributed by atoms with Crippen LogP contribution in [0.25, 0.3) is 22.4 Å². The molecule has 2 aromatic carbocycles. The number of aromatic nitrogens is 2. The van der Waals surface area contributed by atoms with Gasteiger partial charge in [0.25, 0.3) is 5.69 Å². The maximum Gasteiger partial charge on any atom is 0.271 e. The molecule has 4 rings (SSSR count). The predicted molar refractivity (Wildman–Crippen MR) is 103 cm³/mol. The minimum absolute atomic E-state index is 0.0216. The van der Waals surface area contributed by atoms with Crippen LogP contribution in [0, 0.1) is 16.0 Å². The van der Waals surface area contributed by atoms with Crippen molar-refractivity contribution in [3.8, 4) is 11.4 Å². The third-order valence-electron chi connectivity index (χ3n) is 4.74. The van der Waals surface area contributed by atoms with E-state index in [4.69, 9.17) is 0 Å². The quantitative estimate of drug-likeness (QED) is 0.407. The lowest BCUT2D eigenvalue weighted by Gasteiger charge is -2.17. The Morgan fingerprint density at radius 2 is 2.00 bits per heavy atom. The van der Waals surface area contributed by atoms with Crippen LogP contribution in [-0.2, 0) is 4.79 Å². The van der Waals surface area contributed by atoms with Crippen LogP contribution in [0.4, 0.5) is 11.4 Å². The molecule has 0 saturated heterocycles. The van der Waals surface area contributed by atoms with Crippen molar-refractivity contribution in [2.24, 2.45) is 5.92 Å². The summed E-state index contributed by atoms with van der Waals surface area (Å²) in [5, 5.41) is 13.9. The lowest BCUT2D eigenvalue weighted by molar-refractivity contribution is -0.384. The van der Waals surface area contributed by atoms with Crippen LogP contribution in [0.2, 0.25) is 0 Å². The number of benzene rings is 2. The molecule has 1 heterocycles. The Labute approximate surface area is 155 Å². The average Bonchev–Trinajstić information content (AvgIpc) is 3.12. The number of allylic oxidation sites excluding steroid dienone is 2. The number of nitrogens with one attached hydrogen (secondary N) is 2. The zero-order valence-electron chi connectivity index (χ0n) is 14.5. The van der Waals surface area contributed by atoms with E-state index in [1.807, 2.05) is 24.3 Å². The van der Waals surface area contributed by atoms with Gasteiger partial charge in [0.05, 0.1) is 16.0 Å². The summed E-state index contributed by atoms with van der Waals surface area (Å²) in [4.78, 5) is 30.4. The molecule has 1 unspecified atom stereocenters. The van der Waals surface area contributed by atoms with Gasteiger partial charge in [-0.15, -0.1) is 0 Å². The number of H-pyrrole nitrogens is 1. The molecule has 136 valence electrons. The van der Waals surface area contributed by atoms with Crippen molar-refractivity contribution in [3.05, 3.63) is 64.7 Å². The third kappa shape index (κ3) is 3.57. The smallest absolute Gasteiger partial charge is 0.271 e. The van der Waals surface area contributed by atoms with Crippen molar-refractivity contribution in [2.75, 3.05) is 5.32 Å². The first-order chi connectivity index (χ1) is 13.1. The summed E-state index contributed by atoms with van der Waals surface area (Å²) in [6.07, 6.45) is 6.78. The summed E-state index contributed by atoms with van der Waals surface area (Å²) in [7, 11) is 0. The number of nitrogens with zero attached hydrogens (tertiary/aromatic N) is 2. The van der Waals surface area contributed by atoms with Gasteiger partial charge in [-0.05, 0) is 49.6 Å². The molecule has 2 N–H and O–H groups in total. The fourth-order valence-corrected chi connectivity index (χ4v) is 3.24. The third-order valence-corrected chi connectivity index (χ3v) is 4.74. The molecule has 0 spiro atoms. The highest BCUT2D eigenvalue weighted by Gasteiger charge is 2.18. The van der Waals surface area contributed by atoms with Crippen LogP contribution in [0.15, 0.2) is 54.6 Å². The Balaban J connectivity index is 1.51. The van der Waals surface area contributed by atoms with Crippen molar-refractivity contribution in [3.63, 3.8) is 0 Å². The van der Waals surface area contributed by atoms with E-state index in [0.717, 1.165) is 30.5 Å². The van der Waals surface area contributed by atoms with Gasteiger partial charge in [0, 0.05) is 29.3 Å². The monoisotopic (exact) mass is 362 g/mol. The fraction of sp³-hybridized carbons (Fsp3) is 0.200. The number of carbonyl (C=O) groups excluding carboxylic acids is 1. The van der Waals surface area contributed by atoms with E-state index in [2.05, 4.69) is 27.4 Å². The Bertz CT molecular complexity index is 1040. The van der Waals surface area contributed by atoms with Crippen molar-refractivity contribution < 1.29 is 9.72 Å².